The summed E-state index contributed by atoms with van der Waals surface area (Å²) in [5, 5.41) is 3.69. The molecule has 0 saturated heterocycles. The number of nitrogens with zero attached hydrogens (tertiary/aromatic N) is 2. The Morgan fingerprint density at radius 3 is 3.20 bits per heavy atom. The van der Waals surface area contributed by atoms with Gasteiger partial charge in [-0.1, -0.05) is 11.8 Å². The predicted octanol–water partition coefficient (Wildman–Crippen LogP) is 0.394. The van der Waals surface area contributed by atoms with Gasteiger partial charge in [-0.25, -0.2) is 9.79 Å². The highest BCUT2D eigenvalue weighted by Crippen LogP contribution is 2.19. The van der Waals surface area contributed by atoms with Gasteiger partial charge in [-0.2, -0.15) is 0 Å². The zero-order valence-electron chi connectivity index (χ0n) is 8.48. The van der Waals surface area contributed by atoms with Gasteiger partial charge in [0.15, 0.2) is 5.17 Å². The molecule has 0 amide bonds. The van der Waals surface area contributed by atoms with Gasteiger partial charge < -0.3 is 10.1 Å². The van der Waals surface area contributed by atoms with Gasteiger partial charge in [-0.05, 0) is 12.3 Å². The molecule has 1 atom stereocenters. The van der Waals surface area contributed by atoms with Crippen molar-refractivity contribution in [2.45, 2.75) is 0 Å². The minimum atomic E-state index is -0.363. The van der Waals surface area contributed by atoms with Gasteiger partial charge in [0.2, 0.25) is 0 Å². The number of methoxy groups -OCH3 is 1. The van der Waals surface area contributed by atoms with Crippen LogP contribution in [-0.4, -0.2) is 36.9 Å². The first kappa shape index (κ1) is 10.2. The quantitative estimate of drug-likeness (QED) is 0.656. The molecular weight excluding hydrogens is 214 g/mol. The van der Waals surface area contributed by atoms with Crippen molar-refractivity contribution in [3.63, 3.8) is 0 Å². The van der Waals surface area contributed by atoms with E-state index in [0.29, 0.717) is 12.2 Å². The molecule has 0 fully saturated rings. The molecule has 0 aromatic heterocycles. The highest BCUT2D eigenvalue weighted by atomic mass is 32.2. The third kappa shape index (κ3) is 1.90. The summed E-state index contributed by atoms with van der Waals surface area (Å²) in [6.45, 7) is 0.641. The van der Waals surface area contributed by atoms with Crippen LogP contribution < -0.4 is 5.32 Å². The second-order valence-electron chi connectivity index (χ2n) is 3.13. The first-order valence-electron chi connectivity index (χ1n) is 4.48. The molecule has 2 aliphatic rings. The van der Waals surface area contributed by atoms with E-state index in [1.807, 2.05) is 12.3 Å². The van der Waals surface area contributed by atoms with Crippen LogP contribution in [0, 0.1) is 5.92 Å². The van der Waals surface area contributed by atoms with Gasteiger partial charge in [0, 0.05) is 0 Å². The molecule has 1 N–H and O–H groups in total. The Bertz CT molecular complexity index is 387. The number of fused-ring (bicyclic) bond motifs is 1. The number of hydrogen-bond donors (Lipinski definition) is 1. The van der Waals surface area contributed by atoms with E-state index in [1.165, 1.54) is 18.9 Å². The molecule has 0 spiro atoms. The van der Waals surface area contributed by atoms with E-state index >= 15 is 0 Å². The molecule has 0 bridgehead atoms. The molecular formula is C9H11N3O2S. The summed E-state index contributed by atoms with van der Waals surface area (Å²) in [5.41, 5.74) is 0.457. The van der Waals surface area contributed by atoms with Gasteiger partial charge in [-0.3, -0.25) is 4.99 Å². The van der Waals surface area contributed by atoms with Crippen LogP contribution in [0.1, 0.15) is 0 Å². The molecule has 1 unspecified atom stereocenters. The fourth-order valence-electron chi connectivity index (χ4n) is 1.46. The summed E-state index contributed by atoms with van der Waals surface area (Å²) in [4.78, 5) is 19.8. The zero-order valence-corrected chi connectivity index (χ0v) is 9.30. The molecule has 0 saturated carbocycles. The number of hydrogen-bond acceptors (Lipinski definition) is 6. The van der Waals surface area contributed by atoms with Crippen molar-refractivity contribution >= 4 is 28.7 Å². The summed E-state index contributed by atoms with van der Waals surface area (Å²) in [6, 6.07) is 0. The Morgan fingerprint density at radius 2 is 2.53 bits per heavy atom. The van der Waals surface area contributed by atoms with Gasteiger partial charge in [-0.15, -0.1) is 0 Å². The average molecular weight is 225 g/mol. The van der Waals surface area contributed by atoms with E-state index in [9.17, 15) is 4.79 Å². The summed E-state index contributed by atoms with van der Waals surface area (Å²) >= 11 is 1.49. The third-order valence-corrected chi connectivity index (χ3v) is 2.79. The SMILES string of the molecule is COC(=O)C1=CC2CN=C(SC)N=C2N1. The Kier molecular flexibility index (Phi) is 2.77. The number of amidine groups is 2. The van der Waals surface area contributed by atoms with Crippen LogP contribution in [0.2, 0.25) is 0 Å². The van der Waals surface area contributed by atoms with Crippen molar-refractivity contribution in [3.8, 4) is 0 Å². The van der Waals surface area contributed by atoms with E-state index in [4.69, 9.17) is 0 Å². The summed E-state index contributed by atoms with van der Waals surface area (Å²) in [7, 11) is 1.36. The Hall–Kier alpha value is -1.30. The maximum absolute atomic E-state index is 11.3. The number of rotatable bonds is 1. The second-order valence-corrected chi connectivity index (χ2v) is 3.90. The normalized spacial score (nSPS) is 23.3. The fourth-order valence-corrected chi connectivity index (χ4v) is 1.85. The van der Waals surface area contributed by atoms with Crippen molar-refractivity contribution in [1.29, 1.82) is 0 Å². The van der Waals surface area contributed by atoms with Crippen LogP contribution in [0.4, 0.5) is 0 Å². The lowest BCUT2D eigenvalue weighted by Gasteiger charge is -2.12. The predicted molar refractivity (Wildman–Crippen MR) is 60.0 cm³/mol. The smallest absolute Gasteiger partial charge is 0.354 e. The topological polar surface area (TPSA) is 63.0 Å². The number of carbonyl (C=O) groups is 1. The molecule has 0 radical (unpaired) electrons. The van der Waals surface area contributed by atoms with Crippen molar-refractivity contribution in [2.24, 2.45) is 15.9 Å². The highest BCUT2D eigenvalue weighted by Gasteiger charge is 2.29. The van der Waals surface area contributed by atoms with Crippen LogP contribution in [-0.2, 0) is 9.53 Å². The Balaban J connectivity index is 2.15. The van der Waals surface area contributed by atoms with E-state index in [-0.39, 0.29) is 11.9 Å². The summed E-state index contributed by atoms with van der Waals surface area (Å²) < 4.78 is 4.63. The van der Waals surface area contributed by atoms with E-state index in [0.717, 1.165) is 11.0 Å². The fraction of sp³-hybridized carbons (Fsp3) is 0.444. The van der Waals surface area contributed by atoms with Gasteiger partial charge in [0.25, 0.3) is 0 Å². The maximum atomic E-state index is 11.3. The molecule has 2 heterocycles. The third-order valence-electron chi connectivity index (χ3n) is 2.21. The molecule has 0 aromatic carbocycles. The summed E-state index contributed by atoms with van der Waals surface area (Å²) in [5.74, 6) is 0.516. The van der Waals surface area contributed by atoms with Crippen molar-refractivity contribution in [3.05, 3.63) is 11.8 Å². The van der Waals surface area contributed by atoms with E-state index < -0.39 is 0 Å². The van der Waals surface area contributed by atoms with Gasteiger partial charge >= 0.3 is 5.97 Å². The van der Waals surface area contributed by atoms with E-state index in [2.05, 4.69) is 20.0 Å². The zero-order chi connectivity index (χ0) is 10.8. The minimum absolute atomic E-state index is 0.0926. The summed E-state index contributed by atoms with van der Waals surface area (Å²) in [6.07, 6.45) is 3.73. The molecule has 2 aliphatic heterocycles. The average Bonchev–Trinajstić information content (AvgIpc) is 2.70. The van der Waals surface area contributed by atoms with Crippen LogP contribution in [0.5, 0.6) is 0 Å². The van der Waals surface area contributed by atoms with Crippen LogP contribution in [0.25, 0.3) is 0 Å². The Labute approximate surface area is 91.7 Å². The molecule has 5 nitrogen and oxygen atoms in total. The van der Waals surface area contributed by atoms with Gasteiger partial charge in [0.1, 0.15) is 11.5 Å². The Morgan fingerprint density at radius 1 is 1.73 bits per heavy atom. The van der Waals surface area contributed by atoms with Gasteiger partial charge in [0.05, 0.1) is 19.6 Å². The van der Waals surface area contributed by atoms with Crippen LogP contribution in [0.3, 0.4) is 0 Å². The first-order chi connectivity index (χ1) is 7.24. The maximum Gasteiger partial charge on any atom is 0.354 e. The molecule has 15 heavy (non-hydrogen) atoms. The lowest BCUT2D eigenvalue weighted by Crippen LogP contribution is -2.29. The number of esters is 1. The minimum Gasteiger partial charge on any atom is -0.464 e. The molecule has 80 valence electrons. The number of nitrogens with one attached hydrogen (secondary N) is 1. The van der Waals surface area contributed by atoms with Crippen molar-refractivity contribution in [2.75, 3.05) is 19.9 Å². The molecule has 6 heteroatoms. The lowest BCUT2D eigenvalue weighted by atomic mass is 10.1. The van der Waals surface area contributed by atoms with E-state index in [1.54, 1.807) is 0 Å². The molecule has 0 aromatic rings. The number of ether oxygens (including phenoxy) is 1. The lowest BCUT2D eigenvalue weighted by molar-refractivity contribution is -0.136. The number of aliphatic imine (C=N–C) groups is 2. The monoisotopic (exact) mass is 225 g/mol. The standard InChI is InChI=1S/C9H11N3O2S/c1-14-8(13)6-3-5-4-10-9(15-2)12-7(5)11-6/h3,5H,4H2,1-2H3,(H,10,11,12). The van der Waals surface area contributed by atoms with Crippen molar-refractivity contribution < 1.29 is 9.53 Å². The van der Waals surface area contributed by atoms with Crippen LogP contribution >= 0.6 is 11.8 Å². The molecule has 2 rings (SSSR count). The largest absolute Gasteiger partial charge is 0.464 e. The second kappa shape index (κ2) is 4.06. The first-order valence-corrected chi connectivity index (χ1v) is 5.71. The molecule has 0 aliphatic carbocycles. The van der Waals surface area contributed by atoms with Crippen LogP contribution in [0.15, 0.2) is 21.8 Å². The highest BCUT2D eigenvalue weighted by molar-refractivity contribution is 8.13. The van der Waals surface area contributed by atoms with Crippen molar-refractivity contribution in [1.82, 2.24) is 5.32 Å². The number of thioether (sulfide) groups is 1. The number of carbonyl (C=O) groups excluding carboxylic acids is 1.